The molecular weight excluding hydrogens is 432 g/mol. The van der Waals surface area contributed by atoms with E-state index in [2.05, 4.69) is 20.5 Å². The van der Waals surface area contributed by atoms with Gasteiger partial charge in [-0.15, -0.1) is 0 Å². The van der Waals surface area contributed by atoms with Crippen LogP contribution in [-0.2, 0) is 22.5 Å². The Bertz CT molecular complexity index is 1170. The lowest BCUT2D eigenvalue weighted by Crippen LogP contribution is -2.47. The first-order chi connectivity index (χ1) is 16.7. The number of amides is 2. The monoisotopic (exact) mass is 458 g/mol. The van der Waals surface area contributed by atoms with E-state index in [9.17, 15) is 4.79 Å². The number of rotatable bonds is 4. The maximum Gasteiger partial charge on any atom is 0.323 e. The van der Waals surface area contributed by atoms with Crippen LogP contribution in [0.4, 0.5) is 22.0 Å². The molecular formula is C25H26N6O3. The number of hydrogen-bond donors (Lipinski definition) is 2. The first-order valence-electron chi connectivity index (χ1n) is 11.7. The number of aromatic nitrogens is 3. The Morgan fingerprint density at radius 2 is 1.62 bits per heavy atom. The third-order valence-electron chi connectivity index (χ3n) is 6.62. The second-order valence-electron chi connectivity index (χ2n) is 8.82. The van der Waals surface area contributed by atoms with E-state index in [0.717, 1.165) is 55.1 Å². The minimum Gasteiger partial charge on any atom is -0.377 e. The molecule has 5 heterocycles. The Balaban J connectivity index is 1.25. The quantitative estimate of drug-likeness (QED) is 0.616. The van der Waals surface area contributed by atoms with Crippen LogP contribution < -0.4 is 15.5 Å². The minimum absolute atomic E-state index is 0.311. The number of hydrogen-bond acceptors (Lipinski definition) is 7. The molecule has 1 aromatic carbocycles. The molecule has 3 aliphatic heterocycles. The maximum atomic E-state index is 12.3. The molecule has 2 fully saturated rings. The lowest BCUT2D eigenvalue weighted by atomic mass is 10.1. The predicted octanol–water partition coefficient (Wildman–Crippen LogP) is 3.62. The van der Waals surface area contributed by atoms with Gasteiger partial charge in [-0.25, -0.2) is 14.8 Å². The summed E-state index contributed by atoms with van der Waals surface area (Å²) in [5.74, 6) is 1.70. The Labute approximate surface area is 197 Å². The van der Waals surface area contributed by atoms with Gasteiger partial charge in [0.15, 0.2) is 5.82 Å². The van der Waals surface area contributed by atoms with Gasteiger partial charge in [-0.05, 0) is 49.2 Å². The fourth-order valence-electron chi connectivity index (χ4n) is 4.96. The molecule has 6 rings (SSSR count). The average molecular weight is 459 g/mol. The van der Waals surface area contributed by atoms with Gasteiger partial charge in [0.25, 0.3) is 0 Å². The van der Waals surface area contributed by atoms with Crippen molar-refractivity contribution in [3.63, 3.8) is 0 Å². The summed E-state index contributed by atoms with van der Waals surface area (Å²) < 4.78 is 11.6. The highest BCUT2D eigenvalue weighted by molar-refractivity contribution is 5.99. The number of carbonyl (C=O) groups is 1. The lowest BCUT2D eigenvalue weighted by molar-refractivity contribution is 0.0879. The Kier molecular flexibility index (Phi) is 5.56. The number of anilines is 3. The van der Waals surface area contributed by atoms with Crippen molar-refractivity contribution in [3.8, 4) is 11.4 Å². The van der Waals surface area contributed by atoms with Gasteiger partial charge in [-0.2, -0.15) is 0 Å². The van der Waals surface area contributed by atoms with Gasteiger partial charge >= 0.3 is 6.03 Å². The van der Waals surface area contributed by atoms with Crippen LogP contribution >= 0.6 is 0 Å². The van der Waals surface area contributed by atoms with Crippen molar-refractivity contribution in [3.05, 3.63) is 60.0 Å². The number of carbonyl (C=O) groups excluding carboxylic acids is 1. The predicted molar refractivity (Wildman–Crippen MR) is 128 cm³/mol. The van der Waals surface area contributed by atoms with Crippen molar-refractivity contribution in [2.75, 3.05) is 35.4 Å². The van der Waals surface area contributed by atoms with Crippen LogP contribution in [0.1, 0.15) is 24.1 Å². The lowest BCUT2D eigenvalue weighted by Gasteiger charge is -2.37. The summed E-state index contributed by atoms with van der Waals surface area (Å²) in [7, 11) is 0. The Morgan fingerprint density at radius 1 is 0.912 bits per heavy atom. The third kappa shape index (κ3) is 4.08. The van der Waals surface area contributed by atoms with Crippen LogP contribution in [0.15, 0.2) is 48.8 Å². The number of morpholine rings is 1. The van der Waals surface area contributed by atoms with Gasteiger partial charge in [0.1, 0.15) is 5.82 Å². The van der Waals surface area contributed by atoms with E-state index in [1.54, 1.807) is 24.5 Å². The number of nitrogens with one attached hydrogen (secondary N) is 2. The summed E-state index contributed by atoms with van der Waals surface area (Å²) >= 11 is 0. The van der Waals surface area contributed by atoms with E-state index in [-0.39, 0.29) is 6.03 Å². The van der Waals surface area contributed by atoms with Crippen molar-refractivity contribution in [2.45, 2.75) is 38.0 Å². The van der Waals surface area contributed by atoms with Crippen LogP contribution in [0.2, 0.25) is 0 Å². The number of pyridine rings is 1. The summed E-state index contributed by atoms with van der Waals surface area (Å²) in [6.45, 7) is 2.71. The molecule has 3 aromatic rings. The zero-order chi connectivity index (χ0) is 22.9. The van der Waals surface area contributed by atoms with Crippen LogP contribution in [-0.4, -0.2) is 52.9 Å². The van der Waals surface area contributed by atoms with Crippen molar-refractivity contribution < 1.29 is 14.3 Å². The maximum absolute atomic E-state index is 12.3. The first kappa shape index (κ1) is 21.0. The number of urea groups is 1. The molecule has 2 bridgehead atoms. The first-order valence-corrected chi connectivity index (χ1v) is 11.7. The molecule has 0 spiro atoms. The molecule has 0 aliphatic carbocycles. The molecule has 9 nitrogen and oxygen atoms in total. The van der Waals surface area contributed by atoms with E-state index in [1.165, 1.54) is 0 Å². The van der Waals surface area contributed by atoms with Gasteiger partial charge < -0.3 is 25.0 Å². The molecule has 174 valence electrons. The topological polar surface area (TPSA) is 102 Å². The third-order valence-corrected chi connectivity index (χ3v) is 6.62. The van der Waals surface area contributed by atoms with E-state index >= 15 is 0 Å². The van der Waals surface area contributed by atoms with Gasteiger partial charge in [-0.1, -0.05) is 0 Å². The van der Waals surface area contributed by atoms with Crippen LogP contribution in [0.25, 0.3) is 11.4 Å². The number of nitrogens with zero attached hydrogens (tertiary/aromatic N) is 4. The van der Waals surface area contributed by atoms with Gasteiger partial charge in [0.05, 0.1) is 44.2 Å². The average Bonchev–Trinajstić information content (AvgIpc) is 3.11. The highest BCUT2D eigenvalue weighted by atomic mass is 16.5. The molecule has 2 aromatic heterocycles. The molecule has 2 amide bonds. The molecule has 2 unspecified atom stereocenters. The smallest absolute Gasteiger partial charge is 0.323 e. The van der Waals surface area contributed by atoms with E-state index in [1.807, 2.05) is 24.3 Å². The Morgan fingerprint density at radius 3 is 2.35 bits per heavy atom. The fraction of sp³-hybridized carbons (Fsp3) is 0.360. The van der Waals surface area contributed by atoms with Crippen molar-refractivity contribution >= 4 is 23.2 Å². The molecule has 0 radical (unpaired) electrons. The van der Waals surface area contributed by atoms with Crippen LogP contribution in [0.5, 0.6) is 0 Å². The highest BCUT2D eigenvalue weighted by Gasteiger charge is 2.40. The van der Waals surface area contributed by atoms with Gasteiger partial charge in [-0.3, -0.25) is 4.98 Å². The summed E-state index contributed by atoms with van der Waals surface area (Å²) in [6.07, 6.45) is 6.30. The largest absolute Gasteiger partial charge is 0.377 e. The van der Waals surface area contributed by atoms with Gasteiger partial charge in [0, 0.05) is 41.3 Å². The summed E-state index contributed by atoms with van der Waals surface area (Å²) in [5.41, 5.74) is 4.46. The number of ether oxygens (including phenoxy) is 2. The number of fused-ring (bicyclic) bond motifs is 3. The summed E-state index contributed by atoms with van der Waals surface area (Å²) in [6, 6.07) is 11.5. The Hall–Kier alpha value is -3.56. The zero-order valence-electron chi connectivity index (χ0n) is 18.7. The molecule has 3 aliphatic rings. The molecule has 2 saturated heterocycles. The van der Waals surface area contributed by atoms with Crippen molar-refractivity contribution in [1.29, 1.82) is 0 Å². The minimum atomic E-state index is -0.311. The van der Waals surface area contributed by atoms with E-state index in [0.29, 0.717) is 42.5 Å². The van der Waals surface area contributed by atoms with Crippen molar-refractivity contribution in [1.82, 2.24) is 15.0 Å². The molecule has 2 atom stereocenters. The van der Waals surface area contributed by atoms with E-state index < -0.39 is 0 Å². The van der Waals surface area contributed by atoms with Crippen LogP contribution in [0.3, 0.4) is 0 Å². The second-order valence-corrected chi connectivity index (χ2v) is 8.82. The van der Waals surface area contributed by atoms with Gasteiger partial charge in [0.2, 0.25) is 0 Å². The number of benzene rings is 1. The fourth-order valence-corrected chi connectivity index (χ4v) is 4.96. The normalized spacial score (nSPS) is 21.1. The molecule has 2 N–H and O–H groups in total. The van der Waals surface area contributed by atoms with E-state index in [4.69, 9.17) is 19.4 Å². The van der Waals surface area contributed by atoms with Crippen LogP contribution in [0, 0.1) is 0 Å². The summed E-state index contributed by atoms with van der Waals surface area (Å²) in [4.78, 5) is 28.6. The SMILES string of the molecule is O=C(Nc1ccncc1)Nc1ccc(-c2nc3c(c(N4C5CCC4COC5)n2)COCC3)cc1. The molecule has 0 saturated carbocycles. The molecule has 9 heteroatoms. The standard InChI is InChI=1S/C25H26N6O3/c32-25(28-18-7-10-26-11-8-18)27-17-3-1-16(2-4-17)23-29-22-9-12-33-15-21(22)24(30-23)31-19-5-6-20(31)14-34-13-19/h1-4,7-8,10-11,19-20H,5-6,9,12-15H2,(H2,26,27,28,32). The molecule has 34 heavy (non-hydrogen) atoms. The second kappa shape index (κ2) is 9.00. The summed E-state index contributed by atoms with van der Waals surface area (Å²) in [5, 5.41) is 5.64. The highest BCUT2D eigenvalue weighted by Crippen LogP contribution is 2.37. The van der Waals surface area contributed by atoms with Crippen molar-refractivity contribution in [2.24, 2.45) is 0 Å². The zero-order valence-corrected chi connectivity index (χ0v) is 18.7.